The summed E-state index contributed by atoms with van der Waals surface area (Å²) in [5.41, 5.74) is 5.43. The number of hydrazine groups is 1. The van der Waals surface area contributed by atoms with Crippen LogP contribution in [0.5, 0.6) is 0 Å². The highest BCUT2D eigenvalue weighted by Gasteiger charge is 2.17. The molecule has 0 spiro atoms. The van der Waals surface area contributed by atoms with E-state index in [9.17, 15) is 9.59 Å². The molecule has 0 fully saturated rings. The third-order valence-corrected chi connectivity index (χ3v) is 4.64. The van der Waals surface area contributed by atoms with Gasteiger partial charge in [-0.25, -0.2) is 11.4 Å². The number of amides is 1. The average molecular weight is 383 g/mol. The lowest BCUT2D eigenvalue weighted by molar-refractivity contribution is -0.119. The Morgan fingerprint density at radius 2 is 2.17 bits per heavy atom. The van der Waals surface area contributed by atoms with E-state index < -0.39 is 11.9 Å². The van der Waals surface area contributed by atoms with Crippen molar-refractivity contribution in [2.75, 3.05) is 19.0 Å². The predicted molar refractivity (Wildman–Crippen MR) is 97.1 cm³/mol. The second-order valence-electron chi connectivity index (χ2n) is 4.39. The molecule has 0 radical (unpaired) electrons. The highest BCUT2D eigenvalue weighted by Crippen LogP contribution is 2.37. The van der Waals surface area contributed by atoms with Crippen molar-refractivity contribution in [1.29, 1.82) is 0 Å². The van der Waals surface area contributed by atoms with Gasteiger partial charge in [0, 0.05) is 15.8 Å². The number of thiophene rings is 1. The number of hydrogen-bond acceptors (Lipinski definition) is 5. The van der Waals surface area contributed by atoms with Crippen molar-refractivity contribution in [3.8, 4) is 0 Å². The molecule has 124 valence electrons. The van der Waals surface area contributed by atoms with Crippen LogP contribution in [-0.4, -0.2) is 30.6 Å². The molecular formula is C14H11ClN4O3S2. The van der Waals surface area contributed by atoms with Crippen LogP contribution in [0.3, 0.4) is 0 Å². The zero-order chi connectivity index (χ0) is 17.7. The van der Waals surface area contributed by atoms with Crippen molar-refractivity contribution >= 4 is 67.9 Å². The first-order chi connectivity index (χ1) is 11.5. The number of hydrogen-bond donors (Lipinski definition) is 3. The zero-order valence-electron chi connectivity index (χ0n) is 12.3. The van der Waals surface area contributed by atoms with Gasteiger partial charge in [0.05, 0.1) is 12.1 Å². The molecule has 0 saturated heterocycles. The fraction of sp³-hybridized carbons (Fsp3) is 0.143. The zero-order valence-corrected chi connectivity index (χ0v) is 14.7. The van der Waals surface area contributed by atoms with E-state index in [0.29, 0.717) is 15.6 Å². The number of rotatable bonds is 3. The van der Waals surface area contributed by atoms with Crippen LogP contribution in [0, 0.1) is 6.57 Å². The largest absolute Gasteiger partial charge is 0.465 e. The molecule has 1 heterocycles. The Bertz CT molecular complexity index is 860. The van der Waals surface area contributed by atoms with Gasteiger partial charge in [0.15, 0.2) is 5.11 Å². The monoisotopic (exact) mass is 382 g/mol. The highest BCUT2D eigenvalue weighted by molar-refractivity contribution is 7.80. The summed E-state index contributed by atoms with van der Waals surface area (Å²) < 4.78 is 5.48. The number of halogens is 1. The Kier molecular flexibility index (Phi) is 5.92. The van der Waals surface area contributed by atoms with Gasteiger partial charge in [0.2, 0.25) is 0 Å². The number of nitrogens with zero attached hydrogens (tertiary/aromatic N) is 1. The van der Waals surface area contributed by atoms with Crippen LogP contribution in [-0.2, 0) is 9.53 Å². The molecule has 3 N–H and O–H groups in total. The molecule has 0 aliphatic rings. The normalized spacial score (nSPS) is 9.88. The van der Waals surface area contributed by atoms with Crippen molar-refractivity contribution < 1.29 is 14.3 Å². The number of esters is 1. The Morgan fingerprint density at radius 3 is 2.83 bits per heavy atom. The van der Waals surface area contributed by atoms with E-state index in [1.807, 2.05) is 0 Å². The van der Waals surface area contributed by atoms with Crippen molar-refractivity contribution in [2.24, 2.45) is 0 Å². The van der Waals surface area contributed by atoms with E-state index in [0.717, 1.165) is 10.1 Å². The molecule has 24 heavy (non-hydrogen) atoms. The number of ether oxygens (including phenoxy) is 1. The first-order valence-electron chi connectivity index (χ1n) is 6.45. The van der Waals surface area contributed by atoms with Crippen LogP contribution in [0.1, 0.15) is 9.67 Å². The smallest absolute Gasteiger partial charge is 0.349 e. The lowest BCUT2D eigenvalue weighted by Gasteiger charge is -2.10. The van der Waals surface area contributed by atoms with Gasteiger partial charge in [-0.3, -0.25) is 15.6 Å². The number of carbonyl (C=O) groups excluding carboxylic acids is 2. The Morgan fingerprint density at radius 1 is 1.42 bits per heavy atom. The van der Waals surface area contributed by atoms with E-state index in [2.05, 4.69) is 21.0 Å². The Hall–Kier alpha value is -2.41. The van der Waals surface area contributed by atoms with Crippen LogP contribution in [0.25, 0.3) is 14.9 Å². The fourth-order valence-corrected chi connectivity index (χ4v) is 3.40. The standard InChI is InChI=1S/C14H11ClN4O3S2/c1-16-6-10(20)18-19-14(23)17-7-3-4-8-9(5-7)24-12(11(8)15)13(21)22-2/h3-5H,6H2,2H3,(H,18,20)(H2,17,19,23). The molecule has 1 amide bonds. The quantitative estimate of drug-likeness (QED) is 0.327. The molecule has 0 saturated carbocycles. The molecule has 0 unspecified atom stereocenters. The average Bonchev–Trinajstić information content (AvgIpc) is 2.89. The maximum absolute atomic E-state index is 11.7. The number of methoxy groups -OCH3 is 1. The highest BCUT2D eigenvalue weighted by atomic mass is 35.5. The van der Waals surface area contributed by atoms with Gasteiger partial charge in [-0.1, -0.05) is 11.6 Å². The number of anilines is 1. The second kappa shape index (κ2) is 7.92. The molecule has 10 heteroatoms. The van der Waals surface area contributed by atoms with Gasteiger partial charge in [-0.2, -0.15) is 0 Å². The van der Waals surface area contributed by atoms with Gasteiger partial charge >= 0.3 is 11.9 Å². The minimum atomic E-state index is -0.490. The molecule has 1 aromatic heterocycles. The molecule has 0 bridgehead atoms. The van der Waals surface area contributed by atoms with E-state index >= 15 is 0 Å². The summed E-state index contributed by atoms with van der Waals surface area (Å²) >= 11 is 12.4. The first kappa shape index (κ1) is 17.9. The topological polar surface area (TPSA) is 83.8 Å². The summed E-state index contributed by atoms with van der Waals surface area (Å²) in [5.74, 6) is -0.979. The molecule has 7 nitrogen and oxygen atoms in total. The minimum absolute atomic E-state index is 0.156. The van der Waals surface area contributed by atoms with Crippen molar-refractivity contribution in [3.05, 3.63) is 39.5 Å². The van der Waals surface area contributed by atoms with Crippen molar-refractivity contribution in [2.45, 2.75) is 0 Å². The second-order valence-corrected chi connectivity index (χ2v) is 6.23. The maximum Gasteiger partial charge on any atom is 0.349 e. The molecule has 1 aromatic carbocycles. The van der Waals surface area contributed by atoms with Gasteiger partial charge in [0.1, 0.15) is 4.88 Å². The summed E-state index contributed by atoms with van der Waals surface area (Å²) in [5, 5.41) is 4.12. The summed E-state index contributed by atoms with van der Waals surface area (Å²) in [4.78, 5) is 26.1. The van der Waals surface area contributed by atoms with Gasteiger partial charge in [-0.15, -0.1) is 11.3 Å². The van der Waals surface area contributed by atoms with Gasteiger partial charge in [-0.05, 0) is 30.4 Å². The fourth-order valence-electron chi connectivity index (χ4n) is 1.77. The Balaban J connectivity index is 2.11. The lowest BCUT2D eigenvalue weighted by atomic mass is 10.2. The summed E-state index contributed by atoms with van der Waals surface area (Å²) in [6, 6.07) is 5.26. The number of fused-ring (bicyclic) bond motifs is 1. The Labute approximate surface area is 151 Å². The van der Waals surface area contributed by atoms with Crippen LogP contribution in [0.15, 0.2) is 18.2 Å². The summed E-state index contributed by atoms with van der Waals surface area (Å²) in [6.45, 7) is 6.30. The third-order valence-electron chi connectivity index (χ3n) is 2.80. The molecule has 0 aliphatic carbocycles. The molecule has 2 aromatic rings. The molecular weight excluding hydrogens is 372 g/mol. The maximum atomic E-state index is 11.7. The van der Waals surface area contributed by atoms with E-state index in [4.69, 9.17) is 35.1 Å². The lowest BCUT2D eigenvalue weighted by Crippen LogP contribution is -2.44. The van der Waals surface area contributed by atoms with Crippen LogP contribution < -0.4 is 16.2 Å². The molecule has 2 rings (SSSR count). The third kappa shape index (κ3) is 4.11. The summed E-state index contributed by atoms with van der Waals surface area (Å²) in [7, 11) is 1.29. The van der Waals surface area contributed by atoms with Crippen LogP contribution in [0.4, 0.5) is 5.69 Å². The summed E-state index contributed by atoms with van der Waals surface area (Å²) in [6.07, 6.45) is 0. The van der Waals surface area contributed by atoms with E-state index in [-0.39, 0.29) is 11.7 Å². The first-order valence-corrected chi connectivity index (χ1v) is 8.06. The molecule has 0 aliphatic heterocycles. The van der Waals surface area contributed by atoms with Crippen LogP contribution >= 0.6 is 35.2 Å². The SMILES string of the molecule is [C-]#[N+]CC(=O)NNC(=S)Nc1ccc2c(Cl)c(C(=O)OC)sc2c1. The van der Waals surface area contributed by atoms with Gasteiger partial charge in [0.25, 0.3) is 6.54 Å². The minimum Gasteiger partial charge on any atom is -0.465 e. The van der Waals surface area contributed by atoms with E-state index in [1.165, 1.54) is 18.4 Å². The van der Waals surface area contributed by atoms with E-state index in [1.54, 1.807) is 18.2 Å². The van der Waals surface area contributed by atoms with Crippen molar-refractivity contribution in [1.82, 2.24) is 10.9 Å². The van der Waals surface area contributed by atoms with Gasteiger partial charge < -0.3 is 14.9 Å². The number of thiocarbonyl (C=S) groups is 1. The van der Waals surface area contributed by atoms with Crippen LogP contribution in [0.2, 0.25) is 5.02 Å². The molecule has 0 atom stereocenters. The number of carbonyl (C=O) groups is 2. The predicted octanol–water partition coefficient (Wildman–Crippen LogP) is 2.58. The van der Waals surface area contributed by atoms with Crippen molar-refractivity contribution in [3.63, 3.8) is 0 Å². The number of nitrogens with one attached hydrogen (secondary N) is 3. The number of benzene rings is 1.